The molecule has 2 aromatic carbocycles. The molecular weight excluding hydrogens is 333 g/mol. The third-order valence-electron chi connectivity index (χ3n) is 3.32. The van der Waals surface area contributed by atoms with E-state index in [1.807, 2.05) is 36.4 Å². The zero-order chi connectivity index (χ0) is 16.2. The molecule has 4 nitrogen and oxygen atoms in total. The van der Waals surface area contributed by atoms with Gasteiger partial charge in [0.05, 0.1) is 16.4 Å². The molecule has 1 aliphatic rings. The highest BCUT2D eigenvalue weighted by Crippen LogP contribution is 2.26. The molecule has 2 N–H and O–H groups in total. The number of amides is 1. The Kier molecular flexibility index (Phi) is 4.65. The van der Waals surface area contributed by atoms with Crippen molar-refractivity contribution in [1.29, 1.82) is 0 Å². The molecule has 1 amide bonds. The zero-order valence-corrected chi connectivity index (χ0v) is 13.5. The van der Waals surface area contributed by atoms with Gasteiger partial charge in [-0.1, -0.05) is 47.5 Å². The molecule has 0 saturated heterocycles. The molecule has 3 rings (SSSR count). The van der Waals surface area contributed by atoms with Crippen LogP contribution < -0.4 is 10.6 Å². The topological polar surface area (TPSA) is 53.5 Å². The van der Waals surface area contributed by atoms with Crippen LogP contribution in [-0.2, 0) is 4.79 Å². The van der Waals surface area contributed by atoms with Crippen molar-refractivity contribution in [3.8, 4) is 0 Å². The summed E-state index contributed by atoms with van der Waals surface area (Å²) in [6, 6.07) is 13.9. The van der Waals surface area contributed by atoms with E-state index in [4.69, 9.17) is 23.2 Å². The number of anilines is 1. The molecule has 116 valence electrons. The number of nitrogens with one attached hydrogen (secondary N) is 2. The summed E-state index contributed by atoms with van der Waals surface area (Å²) in [7, 11) is 0. The minimum absolute atomic E-state index is 0.202. The van der Waals surface area contributed by atoms with Crippen LogP contribution in [0.25, 0.3) is 5.70 Å². The highest BCUT2D eigenvalue weighted by molar-refractivity contribution is 6.42. The van der Waals surface area contributed by atoms with Crippen molar-refractivity contribution >= 4 is 46.8 Å². The molecule has 23 heavy (non-hydrogen) atoms. The number of para-hydroxylation sites is 1. The average Bonchev–Trinajstić information content (AvgIpc) is 2.58. The fourth-order valence-electron chi connectivity index (χ4n) is 2.16. The monoisotopic (exact) mass is 345 g/mol. The number of rotatable bonds is 3. The van der Waals surface area contributed by atoms with Crippen LogP contribution in [0.4, 0.5) is 5.69 Å². The minimum Gasteiger partial charge on any atom is -0.346 e. The van der Waals surface area contributed by atoms with Gasteiger partial charge in [-0.2, -0.15) is 0 Å². The van der Waals surface area contributed by atoms with Gasteiger partial charge in [0, 0.05) is 11.4 Å². The maximum absolute atomic E-state index is 12.3. The van der Waals surface area contributed by atoms with E-state index >= 15 is 0 Å². The van der Waals surface area contributed by atoms with E-state index in [9.17, 15) is 4.79 Å². The molecule has 1 atom stereocenters. The van der Waals surface area contributed by atoms with Gasteiger partial charge in [-0.15, -0.1) is 0 Å². The molecule has 0 fully saturated rings. The third kappa shape index (κ3) is 3.73. The lowest BCUT2D eigenvalue weighted by atomic mass is 10.1. The Balaban J connectivity index is 1.79. The van der Waals surface area contributed by atoms with Gasteiger partial charge in [0.15, 0.2) is 6.04 Å². The zero-order valence-electron chi connectivity index (χ0n) is 12.0. The van der Waals surface area contributed by atoms with Gasteiger partial charge < -0.3 is 10.6 Å². The van der Waals surface area contributed by atoms with Crippen molar-refractivity contribution in [1.82, 2.24) is 5.32 Å². The van der Waals surface area contributed by atoms with E-state index in [0.29, 0.717) is 10.0 Å². The molecule has 1 unspecified atom stereocenters. The van der Waals surface area contributed by atoms with Crippen LogP contribution in [0, 0.1) is 0 Å². The largest absolute Gasteiger partial charge is 0.346 e. The van der Waals surface area contributed by atoms with Crippen molar-refractivity contribution in [2.24, 2.45) is 4.99 Å². The maximum atomic E-state index is 12.3. The fraction of sp³-hybridized carbons (Fsp3) is 0.0588. The summed E-state index contributed by atoms with van der Waals surface area (Å²) in [4.78, 5) is 16.5. The second kappa shape index (κ2) is 6.86. The van der Waals surface area contributed by atoms with E-state index in [1.165, 1.54) is 6.34 Å². The molecule has 0 saturated carbocycles. The Morgan fingerprint density at radius 3 is 2.61 bits per heavy atom. The summed E-state index contributed by atoms with van der Waals surface area (Å²) in [5, 5.41) is 6.79. The molecular formula is C17H13Cl2N3O. The van der Waals surface area contributed by atoms with Gasteiger partial charge in [0.1, 0.15) is 0 Å². The third-order valence-corrected chi connectivity index (χ3v) is 4.06. The predicted molar refractivity (Wildman–Crippen MR) is 94.9 cm³/mol. The van der Waals surface area contributed by atoms with Crippen LogP contribution in [0.3, 0.4) is 0 Å². The van der Waals surface area contributed by atoms with Crippen molar-refractivity contribution in [2.45, 2.75) is 6.04 Å². The van der Waals surface area contributed by atoms with Crippen LogP contribution in [0.1, 0.15) is 5.56 Å². The Morgan fingerprint density at radius 2 is 1.87 bits per heavy atom. The number of hydrogen-bond donors (Lipinski definition) is 2. The highest BCUT2D eigenvalue weighted by Gasteiger charge is 2.19. The predicted octanol–water partition coefficient (Wildman–Crippen LogP) is 3.97. The normalized spacial score (nSPS) is 16.4. The molecule has 6 heteroatoms. The smallest absolute Gasteiger partial charge is 0.253 e. The van der Waals surface area contributed by atoms with Crippen LogP contribution in [0.2, 0.25) is 10.0 Å². The van der Waals surface area contributed by atoms with Gasteiger partial charge in [-0.05, 0) is 35.9 Å². The first kappa shape index (κ1) is 15.6. The number of hydrogen-bond acceptors (Lipinski definition) is 3. The van der Waals surface area contributed by atoms with Gasteiger partial charge in [-0.25, -0.2) is 0 Å². The molecule has 2 aromatic rings. The maximum Gasteiger partial charge on any atom is 0.253 e. The van der Waals surface area contributed by atoms with Crippen LogP contribution >= 0.6 is 23.2 Å². The van der Waals surface area contributed by atoms with Crippen molar-refractivity contribution in [3.05, 3.63) is 70.2 Å². The van der Waals surface area contributed by atoms with Crippen molar-refractivity contribution in [2.75, 3.05) is 5.32 Å². The van der Waals surface area contributed by atoms with Crippen LogP contribution in [0.15, 0.2) is 59.6 Å². The summed E-state index contributed by atoms with van der Waals surface area (Å²) in [6.45, 7) is 0. The summed E-state index contributed by atoms with van der Waals surface area (Å²) in [5.41, 5.74) is 2.32. The van der Waals surface area contributed by atoms with E-state index in [0.717, 1.165) is 16.9 Å². The fourth-order valence-corrected chi connectivity index (χ4v) is 2.46. The highest BCUT2D eigenvalue weighted by atomic mass is 35.5. The SMILES string of the molecule is O=C(Nc1ccccc1)C1C=C(c2ccc(Cl)c(Cl)c2)NC=N1. The Bertz CT molecular complexity index is 788. The van der Waals surface area contributed by atoms with Gasteiger partial charge in [0.2, 0.25) is 0 Å². The van der Waals surface area contributed by atoms with Gasteiger partial charge >= 0.3 is 0 Å². The van der Waals surface area contributed by atoms with E-state index in [-0.39, 0.29) is 5.91 Å². The van der Waals surface area contributed by atoms with Crippen molar-refractivity contribution in [3.63, 3.8) is 0 Å². The number of aliphatic imine (C=N–C) groups is 1. The van der Waals surface area contributed by atoms with Gasteiger partial charge in [-0.3, -0.25) is 9.79 Å². The summed E-state index contributed by atoms with van der Waals surface area (Å²) in [5.74, 6) is -0.202. The molecule has 1 aliphatic heterocycles. The lowest BCUT2D eigenvalue weighted by molar-refractivity contribution is -0.116. The van der Waals surface area contributed by atoms with E-state index in [1.54, 1.807) is 18.2 Å². The lowest BCUT2D eigenvalue weighted by Gasteiger charge is -2.17. The Hall–Kier alpha value is -2.30. The second-order valence-electron chi connectivity index (χ2n) is 4.93. The summed E-state index contributed by atoms with van der Waals surface area (Å²) in [6.07, 6.45) is 3.25. The Labute approximate surface area is 143 Å². The number of halogens is 2. The summed E-state index contributed by atoms with van der Waals surface area (Å²) < 4.78 is 0. The second-order valence-corrected chi connectivity index (χ2v) is 5.75. The quantitative estimate of drug-likeness (QED) is 0.884. The molecule has 0 spiro atoms. The van der Waals surface area contributed by atoms with Crippen molar-refractivity contribution < 1.29 is 4.79 Å². The average molecular weight is 346 g/mol. The number of benzene rings is 2. The first-order chi connectivity index (χ1) is 11.1. The number of carbonyl (C=O) groups is 1. The lowest BCUT2D eigenvalue weighted by Crippen LogP contribution is -2.30. The first-order valence-electron chi connectivity index (χ1n) is 6.95. The number of carbonyl (C=O) groups excluding carboxylic acids is 1. The van der Waals surface area contributed by atoms with E-state index < -0.39 is 6.04 Å². The van der Waals surface area contributed by atoms with Crippen LogP contribution in [-0.4, -0.2) is 18.3 Å². The molecule has 0 aliphatic carbocycles. The van der Waals surface area contributed by atoms with E-state index in [2.05, 4.69) is 15.6 Å². The Morgan fingerprint density at radius 1 is 1.09 bits per heavy atom. The molecule has 0 bridgehead atoms. The molecule has 0 radical (unpaired) electrons. The van der Waals surface area contributed by atoms with Crippen LogP contribution in [0.5, 0.6) is 0 Å². The molecule has 1 heterocycles. The first-order valence-corrected chi connectivity index (χ1v) is 7.70. The molecule has 0 aromatic heterocycles. The number of nitrogens with zero attached hydrogens (tertiary/aromatic N) is 1. The van der Waals surface area contributed by atoms with Gasteiger partial charge in [0.25, 0.3) is 5.91 Å². The minimum atomic E-state index is -0.610. The standard InChI is InChI=1S/C17H13Cl2N3O/c18-13-7-6-11(8-14(13)19)15-9-16(21-10-20-15)17(23)22-12-4-2-1-3-5-12/h1-10,16H,(H,20,21)(H,22,23). The summed E-state index contributed by atoms with van der Waals surface area (Å²) >= 11 is 12.0.